The minimum Gasteiger partial charge on any atom is -0.348 e. The van der Waals surface area contributed by atoms with Crippen LogP contribution in [0.4, 0.5) is 10.2 Å². The van der Waals surface area contributed by atoms with Crippen molar-refractivity contribution in [3.8, 4) is 0 Å². The predicted molar refractivity (Wildman–Crippen MR) is 127 cm³/mol. The lowest BCUT2D eigenvalue weighted by molar-refractivity contribution is 0.0919. The lowest BCUT2D eigenvalue weighted by atomic mass is 10.1. The Morgan fingerprint density at radius 1 is 1.00 bits per heavy atom. The molecular weight excluding hydrogens is 473 g/mol. The first-order valence-electron chi connectivity index (χ1n) is 11.0. The second-order valence-corrected chi connectivity index (χ2v) is 10.0. The number of sulfonamides is 1. The molecule has 0 radical (unpaired) electrons. The average molecular weight is 498 g/mol. The number of carbonyl (C=O) groups excluding carboxylic acids is 2. The van der Waals surface area contributed by atoms with E-state index in [4.69, 9.17) is 0 Å². The molecule has 182 valence electrons. The van der Waals surface area contributed by atoms with Gasteiger partial charge < -0.3 is 10.6 Å². The van der Waals surface area contributed by atoms with Crippen molar-refractivity contribution in [3.63, 3.8) is 0 Å². The maximum atomic E-state index is 13.4. The fraction of sp³-hybridized carbons (Fsp3) is 0.250. The van der Waals surface area contributed by atoms with E-state index in [-0.39, 0.29) is 35.5 Å². The SMILES string of the molecule is Cc1cc(F)ccc1S(=O)(=O)N1CCC(NC(=O)c2nccnc2NC(=O)c2ccccc2)CC1. The number of rotatable bonds is 6. The number of anilines is 1. The van der Waals surface area contributed by atoms with Crippen LogP contribution >= 0.6 is 0 Å². The molecular formula is C24H24FN5O4S. The van der Waals surface area contributed by atoms with Crippen LogP contribution in [0.5, 0.6) is 0 Å². The molecule has 0 aliphatic carbocycles. The van der Waals surface area contributed by atoms with E-state index in [2.05, 4.69) is 20.6 Å². The van der Waals surface area contributed by atoms with Gasteiger partial charge in [0.05, 0.1) is 4.90 Å². The maximum absolute atomic E-state index is 13.4. The maximum Gasteiger partial charge on any atom is 0.273 e. The summed E-state index contributed by atoms with van der Waals surface area (Å²) in [7, 11) is -3.78. The summed E-state index contributed by atoms with van der Waals surface area (Å²) in [6.07, 6.45) is 3.50. The highest BCUT2D eigenvalue weighted by Crippen LogP contribution is 2.24. The number of aromatic nitrogens is 2. The summed E-state index contributed by atoms with van der Waals surface area (Å²) >= 11 is 0. The molecule has 1 aromatic heterocycles. The van der Waals surface area contributed by atoms with Gasteiger partial charge in [-0.15, -0.1) is 0 Å². The van der Waals surface area contributed by atoms with Crippen LogP contribution in [-0.4, -0.2) is 53.6 Å². The Labute approximate surface area is 202 Å². The van der Waals surface area contributed by atoms with Gasteiger partial charge in [-0.2, -0.15) is 4.31 Å². The molecule has 2 heterocycles. The zero-order chi connectivity index (χ0) is 25.0. The van der Waals surface area contributed by atoms with E-state index in [1.54, 1.807) is 37.3 Å². The van der Waals surface area contributed by atoms with Crippen molar-refractivity contribution in [1.82, 2.24) is 19.6 Å². The lowest BCUT2D eigenvalue weighted by Gasteiger charge is -2.32. The number of carbonyl (C=O) groups is 2. The van der Waals surface area contributed by atoms with Gasteiger partial charge in [-0.1, -0.05) is 18.2 Å². The second kappa shape index (κ2) is 10.3. The number of halogens is 1. The molecule has 35 heavy (non-hydrogen) atoms. The molecule has 2 aromatic carbocycles. The molecule has 1 saturated heterocycles. The molecule has 1 aliphatic heterocycles. The Kier molecular flexibility index (Phi) is 7.17. The first-order chi connectivity index (χ1) is 16.8. The predicted octanol–water partition coefficient (Wildman–Crippen LogP) is 2.76. The highest BCUT2D eigenvalue weighted by molar-refractivity contribution is 7.89. The molecule has 2 amide bonds. The van der Waals surface area contributed by atoms with Crippen LogP contribution in [0, 0.1) is 12.7 Å². The van der Waals surface area contributed by atoms with Crippen molar-refractivity contribution < 1.29 is 22.4 Å². The van der Waals surface area contributed by atoms with Gasteiger partial charge in [0.2, 0.25) is 10.0 Å². The van der Waals surface area contributed by atoms with Gasteiger partial charge in [-0.3, -0.25) is 9.59 Å². The Balaban J connectivity index is 1.39. The van der Waals surface area contributed by atoms with Crippen LogP contribution in [0.3, 0.4) is 0 Å². The second-order valence-electron chi connectivity index (χ2n) is 8.14. The number of aryl methyl sites for hydroxylation is 1. The molecule has 3 aromatic rings. The number of hydrogen-bond donors (Lipinski definition) is 2. The third-order valence-electron chi connectivity index (χ3n) is 5.73. The summed E-state index contributed by atoms with van der Waals surface area (Å²) in [4.78, 5) is 33.6. The van der Waals surface area contributed by atoms with Gasteiger partial charge in [-0.05, 0) is 55.7 Å². The highest BCUT2D eigenvalue weighted by Gasteiger charge is 2.31. The third kappa shape index (κ3) is 5.52. The summed E-state index contributed by atoms with van der Waals surface area (Å²) < 4.78 is 40.7. The fourth-order valence-corrected chi connectivity index (χ4v) is 5.58. The number of benzene rings is 2. The van der Waals surface area contributed by atoms with Crippen molar-refractivity contribution >= 4 is 27.7 Å². The van der Waals surface area contributed by atoms with Crippen LogP contribution in [-0.2, 0) is 10.0 Å². The smallest absolute Gasteiger partial charge is 0.273 e. The molecule has 9 nitrogen and oxygen atoms in total. The van der Waals surface area contributed by atoms with Crippen molar-refractivity contribution in [1.29, 1.82) is 0 Å². The molecule has 0 saturated carbocycles. The topological polar surface area (TPSA) is 121 Å². The van der Waals surface area contributed by atoms with E-state index in [9.17, 15) is 22.4 Å². The summed E-state index contributed by atoms with van der Waals surface area (Å²) in [5.74, 6) is -1.40. The normalized spacial score (nSPS) is 14.9. The van der Waals surface area contributed by atoms with E-state index >= 15 is 0 Å². The van der Waals surface area contributed by atoms with Gasteiger partial charge in [0.25, 0.3) is 11.8 Å². The van der Waals surface area contributed by atoms with Crippen molar-refractivity contribution in [2.24, 2.45) is 0 Å². The van der Waals surface area contributed by atoms with Gasteiger partial charge in [0.15, 0.2) is 11.5 Å². The van der Waals surface area contributed by atoms with Crippen LogP contribution in [0.1, 0.15) is 39.3 Å². The van der Waals surface area contributed by atoms with Crippen LogP contribution < -0.4 is 10.6 Å². The largest absolute Gasteiger partial charge is 0.348 e. The minimum atomic E-state index is -3.78. The first kappa shape index (κ1) is 24.4. The van der Waals surface area contributed by atoms with Crippen molar-refractivity contribution in [3.05, 3.63) is 83.6 Å². The van der Waals surface area contributed by atoms with Crippen molar-refractivity contribution in [2.75, 3.05) is 18.4 Å². The fourth-order valence-electron chi connectivity index (χ4n) is 3.90. The van der Waals surface area contributed by atoms with Crippen molar-refractivity contribution in [2.45, 2.75) is 30.7 Å². The molecule has 0 atom stereocenters. The monoisotopic (exact) mass is 497 g/mol. The first-order valence-corrected chi connectivity index (χ1v) is 12.4. The summed E-state index contributed by atoms with van der Waals surface area (Å²) in [5.41, 5.74) is 0.719. The highest BCUT2D eigenvalue weighted by atomic mass is 32.2. The van der Waals surface area contributed by atoms with Gasteiger partial charge in [-0.25, -0.2) is 22.8 Å². The van der Waals surface area contributed by atoms with Gasteiger partial charge in [0, 0.05) is 37.1 Å². The third-order valence-corrected chi connectivity index (χ3v) is 7.78. The molecule has 1 aliphatic rings. The van der Waals surface area contributed by atoms with Gasteiger partial charge >= 0.3 is 0 Å². The molecule has 4 rings (SSSR count). The Morgan fingerprint density at radius 2 is 1.69 bits per heavy atom. The van der Waals surface area contributed by atoms with Crippen LogP contribution in [0.2, 0.25) is 0 Å². The number of hydrogen-bond acceptors (Lipinski definition) is 6. The number of nitrogens with zero attached hydrogens (tertiary/aromatic N) is 3. The molecule has 0 spiro atoms. The molecule has 11 heteroatoms. The zero-order valence-corrected chi connectivity index (χ0v) is 19.8. The number of amides is 2. The summed E-state index contributed by atoms with van der Waals surface area (Å²) in [6.45, 7) is 1.95. The van der Waals surface area contributed by atoms with E-state index < -0.39 is 27.7 Å². The van der Waals surface area contributed by atoms with Crippen LogP contribution in [0.25, 0.3) is 0 Å². The quantitative estimate of drug-likeness (QED) is 0.540. The Hall–Kier alpha value is -3.70. The summed E-state index contributed by atoms with van der Waals surface area (Å²) in [5, 5.41) is 5.47. The molecule has 0 bridgehead atoms. The lowest BCUT2D eigenvalue weighted by Crippen LogP contribution is -2.46. The van der Waals surface area contributed by atoms with Crippen LogP contribution in [0.15, 0.2) is 65.8 Å². The number of nitrogens with one attached hydrogen (secondary N) is 2. The molecule has 1 fully saturated rings. The number of piperidine rings is 1. The van der Waals surface area contributed by atoms with E-state index in [0.717, 1.165) is 6.07 Å². The Morgan fingerprint density at radius 3 is 2.37 bits per heavy atom. The standard InChI is InChI=1S/C24H24FN5O4S/c1-16-15-18(25)7-8-20(16)35(33,34)30-13-9-19(10-14-30)28-24(32)21-22(27-12-11-26-21)29-23(31)17-5-3-2-4-6-17/h2-8,11-12,15,19H,9-10,13-14H2,1H3,(H,28,32)(H,27,29,31). The molecule has 2 N–H and O–H groups in total. The van der Waals surface area contributed by atoms with E-state index in [1.165, 1.54) is 28.8 Å². The van der Waals surface area contributed by atoms with Gasteiger partial charge in [0.1, 0.15) is 5.82 Å². The van der Waals surface area contributed by atoms with E-state index in [0.29, 0.717) is 24.0 Å². The minimum absolute atomic E-state index is 0.0330. The Bertz CT molecular complexity index is 1340. The zero-order valence-electron chi connectivity index (χ0n) is 18.9. The summed E-state index contributed by atoms with van der Waals surface area (Å²) in [6, 6.07) is 11.8. The molecule has 0 unspecified atom stereocenters. The average Bonchev–Trinajstić information content (AvgIpc) is 2.85. The van der Waals surface area contributed by atoms with E-state index in [1.807, 2.05) is 0 Å².